The van der Waals surface area contributed by atoms with Gasteiger partial charge in [-0.05, 0) is 74.0 Å². The molecule has 1 aromatic carbocycles. The summed E-state index contributed by atoms with van der Waals surface area (Å²) in [4.78, 5) is 8.88. The number of aromatic nitrogens is 4. The van der Waals surface area contributed by atoms with Crippen LogP contribution in [0.5, 0.6) is 0 Å². The third-order valence-electron chi connectivity index (χ3n) is 3.65. The fourth-order valence-corrected chi connectivity index (χ4v) is 2.83. The number of halogens is 1. The van der Waals surface area contributed by atoms with Gasteiger partial charge in [0.05, 0.1) is 11.4 Å². The summed E-state index contributed by atoms with van der Waals surface area (Å²) < 4.78 is 3.01. The zero-order valence-corrected chi connectivity index (χ0v) is 16.7. The Labute approximate surface area is 160 Å². The van der Waals surface area contributed by atoms with Crippen LogP contribution >= 0.6 is 22.6 Å². The lowest BCUT2D eigenvalue weighted by molar-refractivity contribution is 0.793. The van der Waals surface area contributed by atoms with Crippen LogP contribution in [0, 0.1) is 24.3 Å². The highest BCUT2D eigenvalue weighted by atomic mass is 127. The Morgan fingerprint density at radius 3 is 2.44 bits per heavy atom. The van der Waals surface area contributed by atoms with Gasteiger partial charge in [-0.1, -0.05) is 12.1 Å². The number of benzene rings is 1. The summed E-state index contributed by atoms with van der Waals surface area (Å²) in [6, 6.07) is 12.1. The predicted octanol–water partition coefficient (Wildman–Crippen LogP) is 4.03. The van der Waals surface area contributed by atoms with Crippen LogP contribution in [-0.2, 0) is 0 Å². The van der Waals surface area contributed by atoms with E-state index in [1.807, 2.05) is 44.5 Å². The first kappa shape index (κ1) is 17.5. The molecule has 0 atom stereocenters. The molecule has 1 N–H and O–H groups in total. The third kappa shape index (κ3) is 4.22. The molecule has 6 nitrogen and oxygen atoms in total. The molecule has 0 aliphatic rings. The van der Waals surface area contributed by atoms with E-state index in [1.165, 1.54) is 3.57 Å². The van der Waals surface area contributed by atoms with Crippen LogP contribution in [0.1, 0.15) is 29.7 Å². The Balaban J connectivity index is 1.87. The molecular formula is C18H19IN6. The van der Waals surface area contributed by atoms with E-state index in [0.717, 1.165) is 28.5 Å². The van der Waals surface area contributed by atoms with E-state index < -0.39 is 0 Å². The van der Waals surface area contributed by atoms with Gasteiger partial charge in [-0.15, -0.1) is 0 Å². The Bertz CT molecular complexity index is 927. The summed E-state index contributed by atoms with van der Waals surface area (Å²) >= 11 is 2.29. The number of hydrogen-bond donors (Lipinski definition) is 1. The molecule has 0 radical (unpaired) electrons. The summed E-state index contributed by atoms with van der Waals surface area (Å²) in [5, 5.41) is 8.92. The van der Waals surface area contributed by atoms with Gasteiger partial charge in [0, 0.05) is 15.3 Å². The van der Waals surface area contributed by atoms with Gasteiger partial charge in [0.25, 0.3) is 0 Å². The van der Waals surface area contributed by atoms with Gasteiger partial charge >= 0.3 is 0 Å². The molecule has 2 aromatic heterocycles. The summed E-state index contributed by atoms with van der Waals surface area (Å²) in [6.45, 7) is 7.79. The van der Waals surface area contributed by atoms with Crippen molar-refractivity contribution in [1.82, 2.24) is 19.7 Å². The summed E-state index contributed by atoms with van der Waals surface area (Å²) in [6.07, 6.45) is 0. The molecule has 0 saturated heterocycles. The quantitative estimate of drug-likeness (QED) is 0.374. The number of hydrogen-bond acceptors (Lipinski definition) is 5. The molecule has 0 aliphatic carbocycles. The number of anilines is 1. The fraction of sp³-hybridized carbons (Fsp3) is 0.222. The first-order valence-corrected chi connectivity index (χ1v) is 8.96. The average molecular weight is 446 g/mol. The van der Waals surface area contributed by atoms with Crippen LogP contribution in [0.2, 0.25) is 0 Å². The molecule has 0 amide bonds. The summed E-state index contributed by atoms with van der Waals surface area (Å²) in [5.41, 5.74) is 6.97. The number of aryl methyl sites for hydroxylation is 3. The first-order chi connectivity index (χ1) is 11.9. The maximum absolute atomic E-state index is 4.48. The van der Waals surface area contributed by atoms with Gasteiger partial charge in [-0.3, -0.25) is 5.43 Å². The van der Waals surface area contributed by atoms with Gasteiger partial charge < -0.3 is 0 Å². The molecule has 0 saturated carbocycles. The smallest absolute Gasteiger partial charge is 0.159 e. The molecule has 0 bridgehead atoms. The van der Waals surface area contributed by atoms with Gasteiger partial charge in [-0.2, -0.15) is 10.2 Å². The van der Waals surface area contributed by atoms with Crippen molar-refractivity contribution in [3.63, 3.8) is 0 Å². The lowest BCUT2D eigenvalue weighted by atomic mass is 10.1. The highest BCUT2D eigenvalue weighted by molar-refractivity contribution is 14.1. The van der Waals surface area contributed by atoms with Crippen LogP contribution in [0.15, 0.2) is 41.5 Å². The van der Waals surface area contributed by atoms with Crippen molar-refractivity contribution in [2.45, 2.75) is 27.7 Å². The highest BCUT2D eigenvalue weighted by Gasteiger charge is 2.08. The SMILES string of the molecule is C/C(=N/Nc1cc(-n2nc(C)cc2C)nc(C)n1)c1ccc(I)cc1. The minimum atomic E-state index is 0.639. The van der Waals surface area contributed by atoms with Gasteiger partial charge in [0.1, 0.15) is 5.82 Å². The fourth-order valence-electron chi connectivity index (χ4n) is 2.48. The Hall–Kier alpha value is -2.29. The van der Waals surface area contributed by atoms with Crippen molar-refractivity contribution in [3.8, 4) is 5.82 Å². The van der Waals surface area contributed by atoms with Crippen LogP contribution in [0.3, 0.4) is 0 Å². The summed E-state index contributed by atoms with van der Waals surface area (Å²) in [5.74, 6) is 2.03. The van der Waals surface area contributed by atoms with E-state index in [-0.39, 0.29) is 0 Å². The van der Waals surface area contributed by atoms with E-state index in [4.69, 9.17) is 0 Å². The molecule has 3 rings (SSSR count). The predicted molar refractivity (Wildman–Crippen MR) is 108 cm³/mol. The molecule has 128 valence electrons. The largest absolute Gasteiger partial charge is 0.261 e. The molecular weight excluding hydrogens is 427 g/mol. The van der Waals surface area contributed by atoms with Crippen molar-refractivity contribution >= 4 is 34.1 Å². The van der Waals surface area contributed by atoms with Gasteiger partial charge in [0.15, 0.2) is 11.6 Å². The maximum atomic E-state index is 4.48. The number of nitrogens with zero attached hydrogens (tertiary/aromatic N) is 5. The second-order valence-electron chi connectivity index (χ2n) is 5.81. The van der Waals surface area contributed by atoms with E-state index in [2.05, 4.69) is 72.5 Å². The average Bonchev–Trinajstić information content (AvgIpc) is 2.91. The zero-order chi connectivity index (χ0) is 18.0. The first-order valence-electron chi connectivity index (χ1n) is 7.88. The number of nitrogens with one attached hydrogen (secondary N) is 1. The Morgan fingerprint density at radius 2 is 1.80 bits per heavy atom. The van der Waals surface area contributed by atoms with E-state index >= 15 is 0 Å². The second-order valence-corrected chi connectivity index (χ2v) is 7.06. The number of hydrazone groups is 1. The molecule has 0 unspecified atom stereocenters. The molecule has 2 heterocycles. The molecule has 0 spiro atoms. The van der Waals surface area contributed by atoms with Crippen molar-refractivity contribution in [2.24, 2.45) is 5.10 Å². The standard InChI is InChI=1S/C18H19IN6/c1-11-9-12(2)25(24-11)18-10-17(20-14(4)21-18)23-22-13(3)15-5-7-16(19)8-6-15/h5-10H,1-4H3,(H,20,21,23)/b22-13-. The second kappa shape index (κ2) is 7.30. The topological polar surface area (TPSA) is 68.0 Å². The monoisotopic (exact) mass is 446 g/mol. The summed E-state index contributed by atoms with van der Waals surface area (Å²) in [7, 11) is 0. The van der Waals surface area contributed by atoms with Crippen molar-refractivity contribution < 1.29 is 0 Å². The zero-order valence-electron chi connectivity index (χ0n) is 14.6. The van der Waals surface area contributed by atoms with Crippen LogP contribution < -0.4 is 5.43 Å². The van der Waals surface area contributed by atoms with Crippen LogP contribution in [0.25, 0.3) is 5.82 Å². The van der Waals surface area contributed by atoms with Crippen molar-refractivity contribution in [1.29, 1.82) is 0 Å². The molecule has 0 fully saturated rings. The van der Waals surface area contributed by atoms with E-state index in [1.54, 1.807) is 0 Å². The molecule has 0 aliphatic heterocycles. The molecule has 7 heteroatoms. The number of rotatable bonds is 4. The third-order valence-corrected chi connectivity index (χ3v) is 4.37. The Kier molecular flexibility index (Phi) is 5.12. The molecule has 3 aromatic rings. The van der Waals surface area contributed by atoms with Gasteiger partial charge in [-0.25, -0.2) is 14.6 Å². The lowest BCUT2D eigenvalue weighted by Crippen LogP contribution is -2.07. The van der Waals surface area contributed by atoms with Crippen molar-refractivity contribution in [2.75, 3.05) is 5.43 Å². The van der Waals surface area contributed by atoms with E-state index in [9.17, 15) is 0 Å². The van der Waals surface area contributed by atoms with Crippen LogP contribution in [-0.4, -0.2) is 25.5 Å². The maximum Gasteiger partial charge on any atom is 0.159 e. The van der Waals surface area contributed by atoms with E-state index in [0.29, 0.717) is 11.6 Å². The highest BCUT2D eigenvalue weighted by Crippen LogP contribution is 2.14. The van der Waals surface area contributed by atoms with Gasteiger partial charge in [0.2, 0.25) is 0 Å². The lowest BCUT2D eigenvalue weighted by Gasteiger charge is -2.08. The van der Waals surface area contributed by atoms with Crippen molar-refractivity contribution in [3.05, 3.63) is 62.7 Å². The Morgan fingerprint density at radius 1 is 1.08 bits per heavy atom. The minimum absolute atomic E-state index is 0.639. The normalized spacial score (nSPS) is 11.6. The minimum Gasteiger partial charge on any atom is -0.261 e. The van der Waals surface area contributed by atoms with Crippen LogP contribution in [0.4, 0.5) is 5.82 Å². The molecule has 25 heavy (non-hydrogen) atoms.